The predicted molar refractivity (Wildman–Crippen MR) is 62.6 cm³/mol. The van der Waals surface area contributed by atoms with Gasteiger partial charge in [-0.3, -0.25) is 5.32 Å². The lowest BCUT2D eigenvalue weighted by Gasteiger charge is -2.27. The van der Waals surface area contributed by atoms with Crippen LogP contribution in [0.25, 0.3) is 0 Å². The molecule has 1 aromatic carbocycles. The van der Waals surface area contributed by atoms with E-state index in [2.05, 4.69) is 16.0 Å². The fourth-order valence-corrected chi connectivity index (χ4v) is 1.57. The van der Waals surface area contributed by atoms with Crippen molar-refractivity contribution in [2.45, 2.75) is 12.5 Å². The molecule has 0 fully saturated rings. The van der Waals surface area contributed by atoms with Crippen LogP contribution in [0.2, 0.25) is 0 Å². The molecule has 1 aromatic rings. The van der Waals surface area contributed by atoms with Crippen molar-refractivity contribution < 1.29 is 18.3 Å². The third kappa shape index (κ3) is 2.84. The Morgan fingerprint density at radius 2 is 2.00 bits per heavy atom. The van der Waals surface area contributed by atoms with Gasteiger partial charge in [-0.05, 0) is 24.6 Å². The zero-order chi connectivity index (χ0) is 13.8. The molecule has 0 aliphatic carbocycles. The quantitative estimate of drug-likeness (QED) is 0.654. The SMILES string of the molecule is C#CCNC(C)(C(=O)OC)c1cc(F)cc(F)c1. The van der Waals surface area contributed by atoms with Crippen LogP contribution in [-0.4, -0.2) is 19.6 Å². The summed E-state index contributed by atoms with van der Waals surface area (Å²) in [7, 11) is 1.19. The fraction of sp³-hybridized carbons (Fsp3) is 0.308. The zero-order valence-corrected chi connectivity index (χ0v) is 10.1. The van der Waals surface area contributed by atoms with Crippen molar-refractivity contribution in [1.82, 2.24) is 5.32 Å². The van der Waals surface area contributed by atoms with Crippen LogP contribution in [0, 0.1) is 24.0 Å². The second kappa shape index (κ2) is 5.61. The molecular formula is C13H13F2NO2. The van der Waals surface area contributed by atoms with Crippen LogP contribution < -0.4 is 5.32 Å². The van der Waals surface area contributed by atoms with Crippen LogP contribution in [0.15, 0.2) is 18.2 Å². The Morgan fingerprint density at radius 3 is 2.44 bits per heavy atom. The summed E-state index contributed by atoms with van der Waals surface area (Å²) in [5.74, 6) is 0.0663. The summed E-state index contributed by atoms with van der Waals surface area (Å²) < 4.78 is 31.0. The van der Waals surface area contributed by atoms with Crippen molar-refractivity contribution in [2.75, 3.05) is 13.7 Å². The average Bonchev–Trinajstić information content (AvgIpc) is 2.33. The first-order valence-electron chi connectivity index (χ1n) is 5.17. The van der Waals surface area contributed by atoms with Crippen molar-refractivity contribution in [3.8, 4) is 12.3 Å². The van der Waals surface area contributed by atoms with E-state index < -0.39 is 23.1 Å². The van der Waals surface area contributed by atoms with Crippen molar-refractivity contribution in [3.05, 3.63) is 35.4 Å². The molecule has 0 heterocycles. The van der Waals surface area contributed by atoms with Gasteiger partial charge in [-0.1, -0.05) is 5.92 Å². The highest BCUT2D eigenvalue weighted by Crippen LogP contribution is 2.24. The minimum Gasteiger partial charge on any atom is -0.467 e. The van der Waals surface area contributed by atoms with E-state index in [1.54, 1.807) is 0 Å². The minimum atomic E-state index is -1.40. The van der Waals surface area contributed by atoms with Crippen LogP contribution >= 0.6 is 0 Å². The van der Waals surface area contributed by atoms with Crippen LogP contribution in [0.3, 0.4) is 0 Å². The van der Waals surface area contributed by atoms with E-state index in [1.807, 2.05) is 0 Å². The normalized spacial score (nSPS) is 13.5. The third-order valence-electron chi connectivity index (χ3n) is 2.58. The summed E-state index contributed by atoms with van der Waals surface area (Å²) in [5, 5.41) is 2.72. The molecule has 0 aliphatic rings. The molecule has 0 amide bonds. The number of esters is 1. The topological polar surface area (TPSA) is 38.3 Å². The van der Waals surface area contributed by atoms with Crippen molar-refractivity contribution >= 4 is 5.97 Å². The van der Waals surface area contributed by atoms with Crippen LogP contribution in [0.5, 0.6) is 0 Å². The fourth-order valence-electron chi connectivity index (χ4n) is 1.57. The van der Waals surface area contributed by atoms with Gasteiger partial charge < -0.3 is 4.74 Å². The van der Waals surface area contributed by atoms with Gasteiger partial charge in [0, 0.05) is 6.07 Å². The molecule has 0 aliphatic heterocycles. The van der Waals surface area contributed by atoms with Gasteiger partial charge in [0.25, 0.3) is 0 Å². The molecular weight excluding hydrogens is 240 g/mol. The Morgan fingerprint density at radius 1 is 1.44 bits per heavy atom. The first-order valence-corrected chi connectivity index (χ1v) is 5.17. The Labute approximate surface area is 104 Å². The number of ether oxygens (including phenoxy) is 1. The standard InChI is InChI=1S/C13H13F2NO2/c1-4-5-16-13(2,12(17)18-3)9-6-10(14)8-11(15)7-9/h1,6-8,16H,5H2,2-3H3. The first-order chi connectivity index (χ1) is 8.43. The summed E-state index contributed by atoms with van der Waals surface area (Å²) in [6, 6.07) is 2.84. The molecule has 0 saturated carbocycles. The van der Waals surface area contributed by atoms with Gasteiger partial charge in [-0.2, -0.15) is 0 Å². The number of terminal acetylenes is 1. The van der Waals surface area contributed by atoms with Crippen LogP contribution in [-0.2, 0) is 15.1 Å². The van der Waals surface area contributed by atoms with E-state index in [1.165, 1.54) is 14.0 Å². The minimum absolute atomic E-state index is 0.0593. The Balaban J connectivity index is 3.25. The molecule has 5 heteroatoms. The van der Waals surface area contributed by atoms with Crippen LogP contribution in [0.4, 0.5) is 8.78 Å². The van der Waals surface area contributed by atoms with Crippen molar-refractivity contribution in [3.63, 3.8) is 0 Å². The van der Waals surface area contributed by atoms with Gasteiger partial charge in [0.15, 0.2) is 0 Å². The number of benzene rings is 1. The number of halogens is 2. The summed E-state index contributed by atoms with van der Waals surface area (Å²) >= 11 is 0. The molecule has 0 aromatic heterocycles. The van der Waals surface area contributed by atoms with Gasteiger partial charge in [0.05, 0.1) is 13.7 Å². The lowest BCUT2D eigenvalue weighted by Crippen LogP contribution is -2.47. The number of carbonyl (C=O) groups is 1. The van der Waals surface area contributed by atoms with Gasteiger partial charge in [-0.25, -0.2) is 13.6 Å². The van der Waals surface area contributed by atoms with E-state index in [0.29, 0.717) is 0 Å². The highest BCUT2D eigenvalue weighted by Gasteiger charge is 2.36. The van der Waals surface area contributed by atoms with Gasteiger partial charge >= 0.3 is 5.97 Å². The summed E-state index contributed by atoms with van der Waals surface area (Å²) in [6.45, 7) is 1.51. The lowest BCUT2D eigenvalue weighted by atomic mass is 9.91. The molecule has 0 saturated heterocycles. The molecule has 1 rings (SSSR count). The number of rotatable bonds is 4. The summed E-state index contributed by atoms with van der Waals surface area (Å²) in [6.07, 6.45) is 5.10. The Kier molecular flexibility index (Phi) is 4.40. The number of hydrogen-bond donors (Lipinski definition) is 1. The lowest BCUT2D eigenvalue weighted by molar-refractivity contribution is -0.148. The van der Waals surface area contributed by atoms with Crippen molar-refractivity contribution in [2.24, 2.45) is 0 Å². The van der Waals surface area contributed by atoms with E-state index in [4.69, 9.17) is 6.42 Å². The molecule has 1 unspecified atom stereocenters. The average molecular weight is 253 g/mol. The molecule has 18 heavy (non-hydrogen) atoms. The third-order valence-corrected chi connectivity index (χ3v) is 2.58. The zero-order valence-electron chi connectivity index (χ0n) is 10.1. The van der Waals surface area contributed by atoms with E-state index >= 15 is 0 Å². The smallest absolute Gasteiger partial charge is 0.330 e. The van der Waals surface area contributed by atoms with Gasteiger partial charge in [0.1, 0.15) is 17.2 Å². The maximum atomic E-state index is 13.2. The monoisotopic (exact) mass is 253 g/mol. The summed E-state index contributed by atoms with van der Waals surface area (Å²) in [5.41, 5.74) is -1.29. The van der Waals surface area contributed by atoms with E-state index in [9.17, 15) is 13.6 Å². The second-order valence-corrected chi connectivity index (χ2v) is 3.83. The van der Waals surface area contributed by atoms with Gasteiger partial charge in [0.2, 0.25) is 0 Å². The molecule has 1 atom stereocenters. The number of hydrogen-bond acceptors (Lipinski definition) is 3. The highest BCUT2D eigenvalue weighted by atomic mass is 19.1. The molecule has 0 bridgehead atoms. The molecule has 0 spiro atoms. The first kappa shape index (κ1) is 14.1. The van der Waals surface area contributed by atoms with Crippen molar-refractivity contribution in [1.29, 1.82) is 0 Å². The Hall–Kier alpha value is -1.93. The van der Waals surface area contributed by atoms with Gasteiger partial charge in [-0.15, -0.1) is 6.42 Å². The largest absolute Gasteiger partial charge is 0.467 e. The van der Waals surface area contributed by atoms with E-state index in [0.717, 1.165) is 18.2 Å². The van der Waals surface area contributed by atoms with Crippen LogP contribution in [0.1, 0.15) is 12.5 Å². The summed E-state index contributed by atoms with van der Waals surface area (Å²) in [4.78, 5) is 11.8. The predicted octanol–water partition coefficient (Wildman–Crippen LogP) is 1.58. The molecule has 96 valence electrons. The highest BCUT2D eigenvalue weighted by molar-refractivity contribution is 5.82. The maximum absolute atomic E-state index is 13.2. The molecule has 1 N–H and O–H groups in total. The number of carbonyl (C=O) groups excluding carboxylic acids is 1. The maximum Gasteiger partial charge on any atom is 0.330 e. The second-order valence-electron chi connectivity index (χ2n) is 3.83. The molecule has 3 nitrogen and oxygen atoms in total. The van der Waals surface area contributed by atoms with E-state index in [-0.39, 0.29) is 12.1 Å². The Bertz CT molecular complexity index is 476. The molecule has 0 radical (unpaired) electrons. The number of nitrogens with one attached hydrogen (secondary N) is 1. The number of methoxy groups -OCH3 is 1.